The fraction of sp³-hybridized carbons (Fsp3) is 0.786. The van der Waals surface area contributed by atoms with Crippen molar-refractivity contribution in [3.05, 3.63) is 24.3 Å². The number of ether oxygens (including phenoxy) is 5. The zero-order valence-corrected chi connectivity index (χ0v) is 32.7. The van der Waals surface area contributed by atoms with E-state index in [1.165, 1.54) is 25.7 Å². The maximum atomic E-state index is 13.0. The van der Waals surface area contributed by atoms with Crippen molar-refractivity contribution in [2.45, 2.75) is 155 Å². The van der Waals surface area contributed by atoms with Crippen LogP contribution >= 0.6 is 0 Å². The van der Waals surface area contributed by atoms with E-state index in [0.717, 1.165) is 51.4 Å². The van der Waals surface area contributed by atoms with E-state index in [-0.39, 0.29) is 63.4 Å². The molecule has 2 rings (SSSR count). The third kappa shape index (κ3) is 19.6. The summed E-state index contributed by atoms with van der Waals surface area (Å²) in [5, 5.41) is 10.4. The molecule has 0 radical (unpaired) electrons. The minimum Gasteiger partial charge on any atom is -0.465 e. The average molecular weight is 749 g/mol. The van der Waals surface area contributed by atoms with Crippen molar-refractivity contribution in [2.24, 2.45) is 16.7 Å². The van der Waals surface area contributed by atoms with E-state index in [2.05, 4.69) is 26.0 Å². The Balaban J connectivity index is 1.72. The van der Waals surface area contributed by atoms with Crippen molar-refractivity contribution >= 4 is 29.8 Å². The second-order valence-electron chi connectivity index (χ2n) is 14.9. The van der Waals surface area contributed by atoms with Gasteiger partial charge < -0.3 is 28.8 Å². The average Bonchev–Trinajstić information content (AvgIpc) is 3.72. The number of rotatable bonds is 32. The third-order valence-corrected chi connectivity index (χ3v) is 10.1. The van der Waals surface area contributed by atoms with Gasteiger partial charge in [-0.2, -0.15) is 0 Å². The molecule has 2 fully saturated rings. The predicted molar refractivity (Wildman–Crippen MR) is 201 cm³/mol. The lowest BCUT2D eigenvalue weighted by atomic mass is 9.92. The highest BCUT2D eigenvalue weighted by Gasteiger charge is 2.63. The van der Waals surface area contributed by atoms with Crippen molar-refractivity contribution in [3.8, 4) is 0 Å². The summed E-state index contributed by atoms with van der Waals surface area (Å²) in [6.07, 6.45) is 24.6. The number of carbonyl (C=O) groups excluding carboxylic acids is 5. The summed E-state index contributed by atoms with van der Waals surface area (Å²) in [5.41, 5.74) is -1.78. The van der Waals surface area contributed by atoms with E-state index < -0.39 is 29.4 Å². The molecule has 2 aliphatic carbocycles. The maximum Gasteiger partial charge on any atom is 0.312 e. The highest BCUT2D eigenvalue weighted by molar-refractivity contribution is 5.81. The second kappa shape index (κ2) is 27.4. The molecule has 2 atom stereocenters. The van der Waals surface area contributed by atoms with Gasteiger partial charge in [-0.1, -0.05) is 70.3 Å². The first-order chi connectivity index (χ1) is 25.7. The molecular weight excluding hydrogens is 680 g/mol. The molecule has 53 heavy (non-hydrogen) atoms. The summed E-state index contributed by atoms with van der Waals surface area (Å²) in [6, 6.07) is 0. The second-order valence-corrected chi connectivity index (χ2v) is 14.9. The summed E-state index contributed by atoms with van der Waals surface area (Å²) in [4.78, 5) is 62.3. The van der Waals surface area contributed by atoms with Gasteiger partial charge in [-0.25, -0.2) is 0 Å². The first-order valence-electron chi connectivity index (χ1n) is 20.4. The van der Waals surface area contributed by atoms with E-state index in [1.54, 1.807) is 0 Å². The largest absolute Gasteiger partial charge is 0.465 e. The summed E-state index contributed by atoms with van der Waals surface area (Å²) >= 11 is 0. The van der Waals surface area contributed by atoms with Crippen LogP contribution in [0.2, 0.25) is 0 Å². The van der Waals surface area contributed by atoms with Crippen LogP contribution in [0, 0.1) is 16.7 Å². The van der Waals surface area contributed by atoms with Crippen LogP contribution in [-0.4, -0.2) is 74.6 Å². The molecule has 11 heteroatoms. The summed E-state index contributed by atoms with van der Waals surface area (Å²) < 4.78 is 27.2. The fourth-order valence-corrected chi connectivity index (χ4v) is 6.52. The molecule has 2 saturated carbocycles. The molecular formula is C42H68O11. The number of hydrogen-bond acceptors (Lipinski definition) is 11. The molecule has 0 saturated heterocycles. The van der Waals surface area contributed by atoms with Gasteiger partial charge in [-0.15, -0.1) is 0 Å². The van der Waals surface area contributed by atoms with E-state index >= 15 is 0 Å². The van der Waals surface area contributed by atoms with Gasteiger partial charge >= 0.3 is 29.8 Å². The lowest BCUT2D eigenvalue weighted by molar-refractivity contribution is -0.168. The Bertz CT molecular complexity index is 1080. The van der Waals surface area contributed by atoms with Gasteiger partial charge in [0.2, 0.25) is 0 Å². The molecule has 0 bridgehead atoms. The van der Waals surface area contributed by atoms with Crippen molar-refractivity contribution in [3.63, 3.8) is 0 Å². The molecule has 0 spiro atoms. The van der Waals surface area contributed by atoms with Crippen LogP contribution < -0.4 is 0 Å². The summed E-state index contributed by atoms with van der Waals surface area (Å²) in [5.74, 6) is -1.67. The third-order valence-electron chi connectivity index (χ3n) is 10.1. The van der Waals surface area contributed by atoms with Crippen LogP contribution in [0.1, 0.15) is 155 Å². The minimum absolute atomic E-state index is 0.0534. The van der Waals surface area contributed by atoms with Gasteiger partial charge in [-0.05, 0) is 89.4 Å². The molecule has 302 valence electrons. The molecule has 1 N–H and O–H groups in total. The SMILES string of the molecule is CCCCC/C=C\CCOC(=O)CCCCC(=O)OCC(CO)(COC(=O)CCCCC(=O)OCC/C=C\CCCCC)COC(=O)C12CCCC1C2. The van der Waals surface area contributed by atoms with Gasteiger partial charge in [-0.3, -0.25) is 24.0 Å². The Hall–Kier alpha value is -3.21. The summed E-state index contributed by atoms with van der Waals surface area (Å²) in [7, 11) is 0. The van der Waals surface area contributed by atoms with Crippen LogP contribution in [-0.2, 0) is 47.7 Å². The molecule has 0 heterocycles. The molecule has 11 nitrogen and oxygen atoms in total. The lowest BCUT2D eigenvalue weighted by Gasteiger charge is -2.30. The quantitative estimate of drug-likeness (QED) is 0.0308. The number of hydrogen-bond donors (Lipinski definition) is 1. The maximum absolute atomic E-state index is 13.0. The number of aliphatic hydroxyl groups excluding tert-OH is 1. The Kier molecular flexibility index (Phi) is 23.7. The Morgan fingerprint density at radius 1 is 0.604 bits per heavy atom. The number of aliphatic hydroxyl groups is 1. The fourth-order valence-electron chi connectivity index (χ4n) is 6.52. The van der Waals surface area contributed by atoms with Gasteiger partial charge in [0.05, 0.1) is 30.7 Å². The van der Waals surface area contributed by atoms with Crippen molar-refractivity contribution in [2.75, 3.05) is 39.6 Å². The molecule has 2 aliphatic rings. The van der Waals surface area contributed by atoms with Crippen molar-refractivity contribution in [1.29, 1.82) is 0 Å². The number of unbranched alkanes of at least 4 members (excludes halogenated alkanes) is 8. The normalized spacial score (nSPS) is 17.8. The van der Waals surface area contributed by atoms with Crippen LogP contribution in [0.5, 0.6) is 0 Å². The smallest absolute Gasteiger partial charge is 0.312 e. The van der Waals surface area contributed by atoms with E-state index in [4.69, 9.17) is 23.7 Å². The van der Waals surface area contributed by atoms with Gasteiger partial charge in [0.25, 0.3) is 0 Å². The Labute approximate surface area is 317 Å². The first kappa shape index (κ1) is 45.9. The molecule has 2 unspecified atom stereocenters. The number of fused-ring (bicyclic) bond motifs is 1. The van der Waals surface area contributed by atoms with E-state index in [9.17, 15) is 29.1 Å². The first-order valence-corrected chi connectivity index (χ1v) is 20.4. The van der Waals surface area contributed by atoms with Crippen LogP contribution in [0.3, 0.4) is 0 Å². The zero-order valence-electron chi connectivity index (χ0n) is 32.7. The molecule has 0 aromatic heterocycles. The molecule has 0 aromatic carbocycles. The molecule has 0 amide bonds. The van der Waals surface area contributed by atoms with Crippen LogP contribution in [0.15, 0.2) is 24.3 Å². The van der Waals surface area contributed by atoms with Gasteiger partial charge in [0.15, 0.2) is 0 Å². The topological polar surface area (TPSA) is 152 Å². The van der Waals surface area contributed by atoms with Crippen molar-refractivity contribution in [1.82, 2.24) is 0 Å². The monoisotopic (exact) mass is 748 g/mol. The van der Waals surface area contributed by atoms with E-state index in [1.807, 2.05) is 12.2 Å². The lowest BCUT2D eigenvalue weighted by Crippen LogP contribution is -2.43. The highest BCUT2D eigenvalue weighted by atomic mass is 16.6. The van der Waals surface area contributed by atoms with Gasteiger partial charge in [0.1, 0.15) is 19.8 Å². The predicted octanol–water partition coefficient (Wildman–Crippen LogP) is 8.05. The van der Waals surface area contributed by atoms with Crippen molar-refractivity contribution < 1.29 is 52.8 Å². The number of carbonyl (C=O) groups is 5. The highest BCUT2D eigenvalue weighted by Crippen LogP contribution is 2.64. The Morgan fingerprint density at radius 3 is 1.43 bits per heavy atom. The molecule has 0 aromatic rings. The Morgan fingerprint density at radius 2 is 1.04 bits per heavy atom. The minimum atomic E-state index is -1.33. The zero-order chi connectivity index (χ0) is 38.6. The van der Waals surface area contributed by atoms with Gasteiger partial charge in [0, 0.05) is 25.7 Å². The standard InChI is InChI=1S/C42H68O11/c1-3-5-7-9-11-13-19-28-49-36(44)23-15-17-25-38(46)51-32-41(31-43,34-53-40(48)42-27-21-22-35(42)30-42)33-52-39(47)26-18-16-24-37(45)50-29-20-14-12-10-8-6-4-2/h11-14,35,43H,3-10,15-34H2,1-2H3/b13-11-,14-12-. The molecule has 0 aliphatic heterocycles. The van der Waals surface area contributed by atoms with E-state index in [0.29, 0.717) is 57.7 Å². The number of allylic oxidation sites excluding steroid dienone is 2. The van der Waals surface area contributed by atoms with Crippen LogP contribution in [0.4, 0.5) is 0 Å². The number of esters is 5. The van der Waals surface area contributed by atoms with Crippen LogP contribution in [0.25, 0.3) is 0 Å². The summed E-state index contributed by atoms with van der Waals surface area (Å²) in [6.45, 7) is 3.56.